The Morgan fingerprint density at radius 1 is 1.67 bits per heavy atom. The van der Waals surface area contributed by atoms with Crippen LogP contribution in [0.5, 0.6) is 0 Å². The summed E-state index contributed by atoms with van der Waals surface area (Å²) in [4.78, 5) is 1.16. The van der Waals surface area contributed by atoms with Gasteiger partial charge in [0.1, 0.15) is 0 Å². The van der Waals surface area contributed by atoms with Crippen LogP contribution in [0.2, 0.25) is 0 Å². The van der Waals surface area contributed by atoms with Crippen LogP contribution >= 0.6 is 27.3 Å². The molecule has 0 aliphatic heterocycles. The summed E-state index contributed by atoms with van der Waals surface area (Å²) in [5, 5.41) is 12.1. The molecule has 0 unspecified atom stereocenters. The van der Waals surface area contributed by atoms with Gasteiger partial charge < -0.3 is 0 Å². The zero-order valence-electron chi connectivity index (χ0n) is 4.76. The molecule has 0 bridgehead atoms. The zero-order valence-corrected chi connectivity index (χ0v) is 7.17. The quantitative estimate of drug-likeness (QED) is 0.708. The summed E-state index contributed by atoms with van der Waals surface area (Å²) in [5.41, 5.74) is 0. The summed E-state index contributed by atoms with van der Waals surface area (Å²) in [6.45, 7) is -0.0148. The van der Waals surface area contributed by atoms with E-state index in [0.29, 0.717) is 6.42 Å². The number of hydrogen-bond donors (Lipinski definition) is 0. The van der Waals surface area contributed by atoms with Gasteiger partial charge in [-0.05, 0) is 27.4 Å². The highest BCUT2D eigenvalue weighted by Crippen LogP contribution is 2.22. The Morgan fingerprint density at radius 2 is 2.44 bits per heavy atom. The van der Waals surface area contributed by atoms with E-state index in [1.54, 1.807) is 11.3 Å². The van der Waals surface area contributed by atoms with Crippen molar-refractivity contribution in [3.8, 4) is 0 Å². The minimum Gasteiger partial charge on any atom is -0.236 e. The molecular weight excluding hydrogens is 200 g/mol. The van der Waals surface area contributed by atoms with Crippen molar-refractivity contribution in [2.24, 2.45) is 0 Å². The molecule has 1 aromatic rings. The molecule has 49 valence electrons. The first kappa shape index (κ1) is 7.25. The molecule has 0 N–H and O–H groups in total. The first-order valence-electron chi connectivity index (χ1n) is 2.64. The zero-order chi connectivity index (χ0) is 6.69. The van der Waals surface area contributed by atoms with E-state index in [4.69, 9.17) is 0 Å². The molecule has 0 fully saturated rings. The minimum absolute atomic E-state index is 0.0148. The molecule has 1 nitrogen and oxygen atoms in total. The Bertz CT molecular complexity index is 185. The summed E-state index contributed by atoms with van der Waals surface area (Å²) in [6.07, 6.45) is 0.651. The fraction of sp³-hybridized carbons (Fsp3) is 0.333. The lowest BCUT2D eigenvalue weighted by molar-refractivity contribution is 0.198. The molecule has 1 aromatic heterocycles. The fourth-order valence-corrected chi connectivity index (χ4v) is 2.13. The Balaban J connectivity index is 2.69. The minimum atomic E-state index is -0.0148. The number of hydrogen-bond acceptors (Lipinski definition) is 1. The van der Waals surface area contributed by atoms with Crippen LogP contribution < -0.4 is 0 Å². The molecule has 0 spiro atoms. The first-order valence-corrected chi connectivity index (χ1v) is 4.32. The predicted molar refractivity (Wildman–Crippen MR) is 41.3 cm³/mol. The Kier molecular flexibility index (Phi) is 2.69. The van der Waals surface area contributed by atoms with Crippen molar-refractivity contribution in [3.63, 3.8) is 0 Å². The summed E-state index contributed by atoms with van der Waals surface area (Å²) < 4.78 is 1.07. The molecule has 1 rings (SSSR count). The van der Waals surface area contributed by atoms with Gasteiger partial charge in [0.15, 0.2) is 0 Å². The topological polar surface area (TPSA) is 19.9 Å². The average molecular weight is 206 g/mol. The lowest BCUT2D eigenvalue weighted by Gasteiger charge is -1.89. The van der Waals surface area contributed by atoms with Gasteiger partial charge in [-0.1, -0.05) is 0 Å². The van der Waals surface area contributed by atoms with Crippen LogP contribution in [0.15, 0.2) is 15.9 Å². The maximum Gasteiger partial charge on any atom is 0.0870 e. The lowest BCUT2D eigenvalue weighted by Crippen LogP contribution is -1.84. The summed E-state index contributed by atoms with van der Waals surface area (Å²) in [5.74, 6) is 0. The maximum absolute atomic E-state index is 10.1. The molecule has 0 saturated heterocycles. The monoisotopic (exact) mass is 205 g/mol. The third-order valence-electron chi connectivity index (χ3n) is 1.02. The molecule has 0 aromatic carbocycles. The second-order valence-electron chi connectivity index (χ2n) is 1.65. The van der Waals surface area contributed by atoms with E-state index in [2.05, 4.69) is 15.9 Å². The van der Waals surface area contributed by atoms with Gasteiger partial charge in [0.2, 0.25) is 0 Å². The Morgan fingerprint density at radius 3 is 2.89 bits per heavy atom. The number of rotatable bonds is 2. The summed E-state index contributed by atoms with van der Waals surface area (Å²) in [7, 11) is 0. The SMILES string of the molecule is [O]CCc1sccc1Br. The summed E-state index contributed by atoms with van der Waals surface area (Å²) >= 11 is 4.97. The van der Waals surface area contributed by atoms with Crippen molar-refractivity contribution < 1.29 is 5.11 Å². The van der Waals surface area contributed by atoms with Crippen LogP contribution in [0.25, 0.3) is 0 Å². The number of thiophene rings is 1. The van der Waals surface area contributed by atoms with Crippen LogP contribution in [0.1, 0.15) is 4.88 Å². The van der Waals surface area contributed by atoms with Gasteiger partial charge in [-0.3, -0.25) is 0 Å². The molecule has 1 heterocycles. The van der Waals surface area contributed by atoms with Gasteiger partial charge in [-0.15, -0.1) is 11.3 Å². The molecule has 0 aliphatic carbocycles. The van der Waals surface area contributed by atoms with Crippen LogP contribution in [0, 0.1) is 0 Å². The van der Waals surface area contributed by atoms with Gasteiger partial charge in [-0.2, -0.15) is 0 Å². The van der Waals surface area contributed by atoms with Crippen molar-refractivity contribution >= 4 is 27.3 Å². The van der Waals surface area contributed by atoms with Crippen LogP contribution in [-0.4, -0.2) is 6.61 Å². The Labute approximate surface area is 66.5 Å². The third kappa shape index (κ3) is 1.78. The van der Waals surface area contributed by atoms with E-state index in [1.807, 2.05) is 11.4 Å². The molecule has 0 amide bonds. The van der Waals surface area contributed by atoms with Crippen LogP contribution in [0.3, 0.4) is 0 Å². The lowest BCUT2D eigenvalue weighted by atomic mass is 10.4. The molecular formula is C6H6BrOS. The largest absolute Gasteiger partial charge is 0.236 e. The number of halogens is 1. The van der Waals surface area contributed by atoms with E-state index in [9.17, 15) is 5.11 Å². The van der Waals surface area contributed by atoms with Gasteiger partial charge in [0.05, 0.1) is 6.61 Å². The third-order valence-corrected chi connectivity index (χ3v) is 3.01. The van der Waals surface area contributed by atoms with Crippen LogP contribution in [-0.2, 0) is 11.5 Å². The van der Waals surface area contributed by atoms with Crippen LogP contribution in [0.4, 0.5) is 0 Å². The highest BCUT2D eigenvalue weighted by atomic mass is 79.9. The highest BCUT2D eigenvalue weighted by molar-refractivity contribution is 9.10. The van der Waals surface area contributed by atoms with Crippen molar-refractivity contribution in [1.29, 1.82) is 0 Å². The first-order chi connectivity index (χ1) is 4.34. The molecule has 0 saturated carbocycles. The fourth-order valence-electron chi connectivity index (χ4n) is 0.596. The molecule has 0 aliphatic rings. The second kappa shape index (κ2) is 3.34. The summed E-state index contributed by atoms with van der Waals surface area (Å²) in [6, 6.07) is 1.97. The second-order valence-corrected chi connectivity index (χ2v) is 3.50. The van der Waals surface area contributed by atoms with E-state index in [1.165, 1.54) is 0 Å². The highest BCUT2D eigenvalue weighted by Gasteiger charge is 1.98. The van der Waals surface area contributed by atoms with Crippen molar-refractivity contribution in [2.75, 3.05) is 6.61 Å². The average Bonchev–Trinajstić information content (AvgIpc) is 2.18. The predicted octanol–water partition coefficient (Wildman–Crippen LogP) is 2.48. The van der Waals surface area contributed by atoms with Crippen molar-refractivity contribution in [1.82, 2.24) is 0 Å². The molecule has 9 heavy (non-hydrogen) atoms. The van der Waals surface area contributed by atoms with E-state index in [-0.39, 0.29) is 6.61 Å². The molecule has 1 radical (unpaired) electrons. The van der Waals surface area contributed by atoms with Gasteiger partial charge in [0, 0.05) is 15.8 Å². The standard InChI is InChI=1S/C6H6BrOS/c7-5-2-4-9-6(5)1-3-8/h2,4H,1,3H2. The Hall–Kier alpha value is 0.140. The van der Waals surface area contributed by atoms with Gasteiger partial charge in [-0.25, -0.2) is 5.11 Å². The van der Waals surface area contributed by atoms with E-state index < -0.39 is 0 Å². The van der Waals surface area contributed by atoms with Crippen molar-refractivity contribution in [3.05, 3.63) is 20.8 Å². The van der Waals surface area contributed by atoms with E-state index in [0.717, 1.165) is 9.35 Å². The smallest absolute Gasteiger partial charge is 0.0870 e. The van der Waals surface area contributed by atoms with E-state index >= 15 is 0 Å². The molecule has 0 atom stereocenters. The maximum atomic E-state index is 10.1. The normalized spacial score (nSPS) is 10.0. The van der Waals surface area contributed by atoms with Crippen molar-refractivity contribution in [2.45, 2.75) is 6.42 Å². The van der Waals surface area contributed by atoms with Gasteiger partial charge in [0.25, 0.3) is 0 Å². The molecule has 3 heteroatoms. The van der Waals surface area contributed by atoms with Gasteiger partial charge >= 0.3 is 0 Å².